The first-order valence-electron chi connectivity index (χ1n) is 4.62. The quantitative estimate of drug-likeness (QED) is 0.833. The Labute approximate surface area is 86.8 Å². The second-order valence-electron chi connectivity index (χ2n) is 3.25. The lowest BCUT2D eigenvalue weighted by atomic mass is 9.93. The highest BCUT2D eigenvalue weighted by Crippen LogP contribution is 2.24. The van der Waals surface area contributed by atoms with Crippen molar-refractivity contribution in [2.75, 3.05) is 0 Å². The highest BCUT2D eigenvalue weighted by Gasteiger charge is 2.22. The van der Waals surface area contributed by atoms with E-state index in [0.717, 1.165) is 6.07 Å². The van der Waals surface area contributed by atoms with Crippen LogP contribution in [0.2, 0.25) is 0 Å². The molecule has 0 aliphatic heterocycles. The summed E-state index contributed by atoms with van der Waals surface area (Å²) in [6.45, 7) is 1.69. The van der Waals surface area contributed by atoms with Crippen LogP contribution in [0.15, 0.2) is 18.2 Å². The molecule has 0 amide bonds. The van der Waals surface area contributed by atoms with Gasteiger partial charge in [-0.2, -0.15) is 5.26 Å². The van der Waals surface area contributed by atoms with Crippen molar-refractivity contribution in [2.24, 2.45) is 0 Å². The van der Waals surface area contributed by atoms with Gasteiger partial charge in [0, 0.05) is 11.6 Å². The van der Waals surface area contributed by atoms with Crippen LogP contribution < -0.4 is 0 Å². The molecular weight excluding hydrogens is 200 g/mol. The molecule has 1 N–H and O–H groups in total. The Morgan fingerprint density at radius 2 is 2.13 bits per heavy atom. The number of aliphatic hydroxyl groups is 1. The van der Waals surface area contributed by atoms with Crippen molar-refractivity contribution in [1.29, 1.82) is 5.26 Å². The Bertz CT molecular complexity index is 387. The molecule has 1 aromatic rings. The molecule has 80 valence electrons. The molecule has 0 saturated heterocycles. The van der Waals surface area contributed by atoms with E-state index in [1.54, 1.807) is 6.92 Å². The summed E-state index contributed by atoms with van der Waals surface area (Å²) in [5, 5.41) is 18.3. The molecule has 0 aromatic heterocycles. The zero-order valence-electron chi connectivity index (χ0n) is 8.24. The predicted octanol–water partition coefficient (Wildman–Crippen LogP) is 2.34. The third-order valence-electron chi connectivity index (χ3n) is 2.24. The van der Waals surface area contributed by atoms with Gasteiger partial charge >= 0.3 is 0 Å². The third-order valence-corrected chi connectivity index (χ3v) is 2.24. The number of rotatable bonds is 3. The average molecular weight is 211 g/mol. The number of hydrogen-bond donors (Lipinski definition) is 1. The molecule has 2 nitrogen and oxygen atoms in total. The number of halogens is 2. The number of benzene rings is 1. The first-order chi connectivity index (χ1) is 7.10. The van der Waals surface area contributed by atoms with Crippen molar-refractivity contribution in [3.05, 3.63) is 35.4 Å². The van der Waals surface area contributed by atoms with E-state index in [0.29, 0.717) is 12.5 Å². The normalized spacial score (nSPS) is 14.3. The minimum absolute atomic E-state index is 0.0354. The monoisotopic (exact) mass is 211 g/mol. The van der Waals surface area contributed by atoms with E-state index < -0.39 is 23.7 Å². The van der Waals surface area contributed by atoms with Crippen molar-refractivity contribution in [3.63, 3.8) is 0 Å². The molecule has 0 bridgehead atoms. The lowest BCUT2D eigenvalue weighted by molar-refractivity contribution is 0.155. The molecule has 1 rings (SSSR count). The molecule has 0 aliphatic rings. The summed E-state index contributed by atoms with van der Waals surface area (Å²) in [5.41, 5.74) is 0.0354. The van der Waals surface area contributed by atoms with Crippen LogP contribution in [-0.2, 0) is 0 Å². The molecule has 0 fully saturated rings. The van der Waals surface area contributed by atoms with E-state index in [1.165, 1.54) is 6.07 Å². The number of aliphatic hydroxyl groups excluding tert-OH is 1. The van der Waals surface area contributed by atoms with Gasteiger partial charge in [-0.05, 0) is 12.5 Å². The van der Waals surface area contributed by atoms with Crippen LogP contribution in [0.5, 0.6) is 0 Å². The molecule has 0 spiro atoms. The molecule has 4 heteroatoms. The van der Waals surface area contributed by atoms with Gasteiger partial charge in [0.1, 0.15) is 11.6 Å². The Morgan fingerprint density at radius 1 is 1.47 bits per heavy atom. The van der Waals surface area contributed by atoms with E-state index >= 15 is 0 Å². The van der Waals surface area contributed by atoms with Gasteiger partial charge in [-0.25, -0.2) is 8.78 Å². The van der Waals surface area contributed by atoms with Crippen LogP contribution in [0.1, 0.15) is 24.8 Å². The fourth-order valence-corrected chi connectivity index (χ4v) is 1.35. The third kappa shape index (κ3) is 2.51. The Kier molecular flexibility index (Phi) is 3.75. The topological polar surface area (TPSA) is 44.0 Å². The van der Waals surface area contributed by atoms with Crippen LogP contribution >= 0.6 is 0 Å². The maximum atomic E-state index is 13.3. The lowest BCUT2D eigenvalue weighted by Gasteiger charge is -2.15. The minimum atomic E-state index is -0.949. The van der Waals surface area contributed by atoms with Gasteiger partial charge in [-0.15, -0.1) is 0 Å². The molecule has 15 heavy (non-hydrogen) atoms. The van der Waals surface area contributed by atoms with Crippen molar-refractivity contribution in [2.45, 2.75) is 25.4 Å². The van der Waals surface area contributed by atoms with E-state index in [1.807, 2.05) is 6.07 Å². The lowest BCUT2D eigenvalue weighted by Crippen LogP contribution is -2.17. The van der Waals surface area contributed by atoms with Crippen molar-refractivity contribution < 1.29 is 13.9 Å². The second-order valence-corrected chi connectivity index (χ2v) is 3.25. The first kappa shape index (κ1) is 11.6. The van der Waals surface area contributed by atoms with Gasteiger partial charge in [0.05, 0.1) is 18.1 Å². The van der Waals surface area contributed by atoms with Crippen LogP contribution in [0, 0.1) is 23.0 Å². The van der Waals surface area contributed by atoms with Gasteiger partial charge < -0.3 is 5.11 Å². The summed E-state index contributed by atoms with van der Waals surface area (Å²) in [5.74, 6) is -2.44. The summed E-state index contributed by atoms with van der Waals surface area (Å²) >= 11 is 0. The molecule has 0 radical (unpaired) electrons. The smallest absolute Gasteiger partial charge is 0.130 e. The molecule has 0 saturated carbocycles. The van der Waals surface area contributed by atoms with Crippen molar-refractivity contribution >= 4 is 0 Å². The first-order valence-corrected chi connectivity index (χ1v) is 4.62. The summed E-state index contributed by atoms with van der Waals surface area (Å²) in [7, 11) is 0. The fourth-order valence-electron chi connectivity index (χ4n) is 1.35. The SMILES string of the molecule is CCC(O)C(C#N)c1ccc(F)cc1F. The Morgan fingerprint density at radius 3 is 2.60 bits per heavy atom. The van der Waals surface area contributed by atoms with Crippen molar-refractivity contribution in [1.82, 2.24) is 0 Å². The predicted molar refractivity (Wildman–Crippen MR) is 51.0 cm³/mol. The van der Waals surface area contributed by atoms with E-state index in [4.69, 9.17) is 5.26 Å². The van der Waals surface area contributed by atoms with Gasteiger partial charge in [-0.3, -0.25) is 0 Å². The maximum absolute atomic E-state index is 13.3. The molecule has 2 unspecified atom stereocenters. The summed E-state index contributed by atoms with van der Waals surface area (Å²) in [4.78, 5) is 0. The second kappa shape index (κ2) is 4.85. The standard InChI is InChI=1S/C11H11F2NO/c1-2-11(15)9(6-14)8-4-3-7(12)5-10(8)13/h3-5,9,11,15H,2H2,1H3. The number of nitrogens with zero attached hydrogens (tertiary/aromatic N) is 1. The Hall–Kier alpha value is -1.47. The maximum Gasteiger partial charge on any atom is 0.130 e. The van der Waals surface area contributed by atoms with Gasteiger partial charge in [0.15, 0.2) is 0 Å². The number of nitriles is 1. The average Bonchev–Trinajstić information content (AvgIpc) is 2.21. The highest BCUT2D eigenvalue weighted by atomic mass is 19.1. The van der Waals surface area contributed by atoms with Crippen LogP contribution in [0.25, 0.3) is 0 Å². The summed E-state index contributed by atoms with van der Waals surface area (Å²) < 4.78 is 25.9. The van der Waals surface area contributed by atoms with E-state index in [9.17, 15) is 13.9 Å². The van der Waals surface area contributed by atoms with Crippen LogP contribution in [-0.4, -0.2) is 11.2 Å². The highest BCUT2D eigenvalue weighted by molar-refractivity contribution is 5.28. The molecule has 0 heterocycles. The molecular formula is C11H11F2NO. The Balaban J connectivity index is 3.09. The zero-order valence-corrected chi connectivity index (χ0v) is 8.24. The number of hydrogen-bond acceptors (Lipinski definition) is 2. The summed E-state index contributed by atoms with van der Waals surface area (Å²) in [6.07, 6.45) is -0.593. The van der Waals surface area contributed by atoms with Crippen LogP contribution in [0.4, 0.5) is 8.78 Å². The van der Waals surface area contributed by atoms with Crippen molar-refractivity contribution in [3.8, 4) is 6.07 Å². The molecule has 0 aliphatic carbocycles. The van der Waals surface area contributed by atoms with Gasteiger partial charge in [0.2, 0.25) is 0 Å². The fraction of sp³-hybridized carbons (Fsp3) is 0.364. The molecule has 2 atom stereocenters. The summed E-state index contributed by atoms with van der Waals surface area (Å²) in [6, 6.07) is 4.79. The van der Waals surface area contributed by atoms with E-state index in [2.05, 4.69) is 0 Å². The van der Waals surface area contributed by atoms with E-state index in [-0.39, 0.29) is 5.56 Å². The molecule has 1 aromatic carbocycles. The van der Waals surface area contributed by atoms with Gasteiger partial charge in [0.25, 0.3) is 0 Å². The zero-order chi connectivity index (χ0) is 11.4. The van der Waals surface area contributed by atoms with Gasteiger partial charge in [-0.1, -0.05) is 13.0 Å². The van der Waals surface area contributed by atoms with Crippen LogP contribution in [0.3, 0.4) is 0 Å². The largest absolute Gasteiger partial charge is 0.391 e. The minimum Gasteiger partial charge on any atom is -0.391 e.